The number of ether oxygens (including phenoxy) is 1. The number of nitrogens with two attached hydrogens (primary N) is 1. The van der Waals surface area contributed by atoms with Crippen molar-refractivity contribution in [3.63, 3.8) is 0 Å². The Morgan fingerprint density at radius 2 is 2.15 bits per heavy atom. The minimum Gasteiger partial charge on any atom is -0.445 e. The van der Waals surface area contributed by atoms with Crippen LogP contribution in [0.15, 0.2) is 47.3 Å². The number of carbonyl (C=O) groups excluding carboxylic acids is 1. The standard InChI is InChI=1S/C18H17BrFN5O2/c19-15-14-16(21)22-6-7-24(14)17(23-15)13-8-12(20)9-25(13)18(26)27-10-11-4-2-1-3-5-11/h1-7,12-13H,8-10H2,(H2,21,22)/t12-,13-/m0/s1. The van der Waals surface area contributed by atoms with Gasteiger partial charge in [0.2, 0.25) is 0 Å². The van der Waals surface area contributed by atoms with Gasteiger partial charge < -0.3 is 10.5 Å². The van der Waals surface area contributed by atoms with Gasteiger partial charge in [-0.25, -0.2) is 19.2 Å². The van der Waals surface area contributed by atoms with E-state index >= 15 is 0 Å². The highest BCUT2D eigenvalue weighted by Gasteiger charge is 2.40. The SMILES string of the molecule is Nc1nccn2c([C@@H]3C[C@H](F)CN3C(=O)OCc3ccccc3)nc(Br)c12. The van der Waals surface area contributed by atoms with E-state index in [2.05, 4.69) is 25.9 Å². The summed E-state index contributed by atoms with van der Waals surface area (Å²) in [5.74, 6) is 0.818. The Balaban J connectivity index is 1.60. The Morgan fingerprint density at radius 3 is 2.93 bits per heavy atom. The van der Waals surface area contributed by atoms with Crippen LogP contribution in [0.1, 0.15) is 23.9 Å². The van der Waals surface area contributed by atoms with Crippen molar-refractivity contribution >= 4 is 33.4 Å². The Bertz CT molecular complexity index is 981. The van der Waals surface area contributed by atoms with Gasteiger partial charge in [-0.05, 0) is 21.5 Å². The van der Waals surface area contributed by atoms with E-state index in [0.29, 0.717) is 21.8 Å². The summed E-state index contributed by atoms with van der Waals surface area (Å²) in [5, 5.41) is 0. The molecule has 0 unspecified atom stereocenters. The number of carbonyl (C=O) groups is 1. The lowest BCUT2D eigenvalue weighted by atomic mass is 10.2. The Labute approximate surface area is 163 Å². The number of likely N-dealkylation sites (tertiary alicyclic amines) is 1. The predicted molar refractivity (Wildman–Crippen MR) is 101 cm³/mol. The fraction of sp³-hybridized carbons (Fsp3) is 0.278. The summed E-state index contributed by atoms with van der Waals surface area (Å²) >= 11 is 3.37. The highest BCUT2D eigenvalue weighted by molar-refractivity contribution is 9.10. The molecule has 0 spiro atoms. The molecule has 140 valence electrons. The van der Waals surface area contributed by atoms with Crippen LogP contribution in [0.25, 0.3) is 5.52 Å². The largest absolute Gasteiger partial charge is 0.445 e. The first-order valence-corrected chi connectivity index (χ1v) is 9.23. The third-order valence-electron chi connectivity index (χ3n) is 4.56. The van der Waals surface area contributed by atoms with E-state index < -0.39 is 18.3 Å². The van der Waals surface area contributed by atoms with Gasteiger partial charge in [0.25, 0.3) is 0 Å². The second-order valence-electron chi connectivity index (χ2n) is 6.33. The van der Waals surface area contributed by atoms with Gasteiger partial charge in [-0.3, -0.25) is 9.30 Å². The number of nitrogen functional groups attached to an aromatic ring is 1. The quantitative estimate of drug-likeness (QED) is 0.682. The number of hydrogen-bond acceptors (Lipinski definition) is 5. The average molecular weight is 434 g/mol. The highest BCUT2D eigenvalue weighted by atomic mass is 79.9. The molecule has 2 N–H and O–H groups in total. The third-order valence-corrected chi connectivity index (χ3v) is 5.11. The molecule has 27 heavy (non-hydrogen) atoms. The molecule has 1 aliphatic heterocycles. The van der Waals surface area contributed by atoms with Crippen LogP contribution in [0.4, 0.5) is 15.0 Å². The van der Waals surface area contributed by atoms with Gasteiger partial charge >= 0.3 is 6.09 Å². The molecule has 0 aliphatic carbocycles. The topological polar surface area (TPSA) is 85.8 Å². The lowest BCUT2D eigenvalue weighted by molar-refractivity contribution is 0.0893. The fourth-order valence-corrected chi connectivity index (χ4v) is 3.89. The lowest BCUT2D eigenvalue weighted by Gasteiger charge is -2.23. The maximum atomic E-state index is 14.2. The predicted octanol–water partition coefficient (Wildman–Crippen LogP) is 3.50. The monoisotopic (exact) mass is 433 g/mol. The maximum absolute atomic E-state index is 14.2. The van der Waals surface area contributed by atoms with Gasteiger partial charge in [-0.15, -0.1) is 0 Å². The summed E-state index contributed by atoms with van der Waals surface area (Å²) < 4.78 is 21.8. The molecule has 1 fully saturated rings. The van der Waals surface area contributed by atoms with Crippen molar-refractivity contribution in [2.75, 3.05) is 12.3 Å². The van der Waals surface area contributed by atoms with Gasteiger partial charge in [0.05, 0.1) is 12.6 Å². The second kappa shape index (κ2) is 7.15. The summed E-state index contributed by atoms with van der Waals surface area (Å²) in [7, 11) is 0. The van der Waals surface area contributed by atoms with Gasteiger partial charge in [0.15, 0.2) is 5.82 Å². The normalized spacial score (nSPS) is 19.6. The molecule has 3 heterocycles. The van der Waals surface area contributed by atoms with Crippen molar-refractivity contribution in [2.24, 2.45) is 0 Å². The number of halogens is 2. The number of amides is 1. The highest BCUT2D eigenvalue weighted by Crippen LogP contribution is 2.36. The van der Waals surface area contributed by atoms with E-state index in [9.17, 15) is 9.18 Å². The summed E-state index contributed by atoms with van der Waals surface area (Å²) in [6, 6.07) is 8.79. The zero-order valence-electron chi connectivity index (χ0n) is 14.3. The van der Waals surface area contributed by atoms with E-state index in [-0.39, 0.29) is 19.6 Å². The molecular formula is C18H17BrFN5O2. The summed E-state index contributed by atoms with van der Waals surface area (Å²) in [6.07, 6.45) is 1.66. The smallest absolute Gasteiger partial charge is 0.410 e. The average Bonchev–Trinajstić information content (AvgIpc) is 3.21. The van der Waals surface area contributed by atoms with Crippen molar-refractivity contribution in [2.45, 2.75) is 25.2 Å². The minimum absolute atomic E-state index is 0.0363. The molecule has 7 nitrogen and oxygen atoms in total. The molecule has 1 aliphatic rings. The van der Waals surface area contributed by atoms with E-state index in [4.69, 9.17) is 10.5 Å². The van der Waals surface area contributed by atoms with Crippen LogP contribution < -0.4 is 5.73 Å². The van der Waals surface area contributed by atoms with Crippen LogP contribution in [0.3, 0.4) is 0 Å². The zero-order valence-corrected chi connectivity index (χ0v) is 15.8. The van der Waals surface area contributed by atoms with Crippen LogP contribution in [0, 0.1) is 0 Å². The molecule has 0 bridgehead atoms. The maximum Gasteiger partial charge on any atom is 0.410 e. The van der Waals surface area contributed by atoms with E-state index in [1.165, 1.54) is 4.90 Å². The van der Waals surface area contributed by atoms with Crippen molar-refractivity contribution in [1.29, 1.82) is 0 Å². The van der Waals surface area contributed by atoms with Crippen LogP contribution >= 0.6 is 15.9 Å². The summed E-state index contributed by atoms with van der Waals surface area (Å²) in [5.41, 5.74) is 7.38. The van der Waals surface area contributed by atoms with Crippen LogP contribution in [0.5, 0.6) is 0 Å². The van der Waals surface area contributed by atoms with Gasteiger partial charge in [0.1, 0.15) is 28.7 Å². The zero-order chi connectivity index (χ0) is 19.0. The molecule has 1 amide bonds. The number of nitrogens with zero attached hydrogens (tertiary/aromatic N) is 4. The van der Waals surface area contributed by atoms with E-state index in [0.717, 1.165) is 5.56 Å². The molecular weight excluding hydrogens is 417 g/mol. The lowest BCUT2D eigenvalue weighted by Crippen LogP contribution is -2.32. The number of fused-ring (bicyclic) bond motifs is 1. The Hall–Kier alpha value is -2.68. The molecule has 2 aromatic heterocycles. The first kappa shape index (κ1) is 17.7. The molecule has 1 aromatic carbocycles. The van der Waals surface area contributed by atoms with Crippen LogP contribution in [-0.4, -0.2) is 38.1 Å². The van der Waals surface area contributed by atoms with Crippen LogP contribution in [0.2, 0.25) is 0 Å². The Kier molecular flexibility index (Phi) is 4.69. The number of hydrogen-bond donors (Lipinski definition) is 1. The second-order valence-corrected chi connectivity index (χ2v) is 7.08. The van der Waals surface area contributed by atoms with Crippen molar-refractivity contribution < 1.29 is 13.9 Å². The first-order chi connectivity index (χ1) is 13.0. The van der Waals surface area contributed by atoms with Crippen molar-refractivity contribution in [3.8, 4) is 0 Å². The summed E-state index contributed by atoms with van der Waals surface area (Å²) in [4.78, 5) is 22.5. The number of imidazole rings is 1. The number of rotatable bonds is 3. The van der Waals surface area contributed by atoms with Crippen LogP contribution in [-0.2, 0) is 11.3 Å². The number of aromatic nitrogens is 3. The molecule has 1 saturated heterocycles. The molecule has 3 aromatic rings. The van der Waals surface area contributed by atoms with E-state index in [1.807, 2.05) is 30.3 Å². The molecule has 2 atom stereocenters. The van der Waals surface area contributed by atoms with E-state index in [1.54, 1.807) is 16.8 Å². The minimum atomic E-state index is -1.15. The van der Waals surface area contributed by atoms with Gasteiger partial charge in [0, 0.05) is 18.8 Å². The number of alkyl halides is 1. The molecule has 9 heteroatoms. The Morgan fingerprint density at radius 1 is 1.37 bits per heavy atom. The van der Waals surface area contributed by atoms with Crippen molar-refractivity contribution in [1.82, 2.24) is 19.3 Å². The molecule has 4 rings (SSSR count). The summed E-state index contributed by atoms with van der Waals surface area (Å²) in [6.45, 7) is 0.0914. The number of anilines is 1. The third kappa shape index (κ3) is 3.34. The molecule has 0 radical (unpaired) electrons. The van der Waals surface area contributed by atoms with Gasteiger partial charge in [-0.1, -0.05) is 30.3 Å². The molecule has 0 saturated carbocycles. The van der Waals surface area contributed by atoms with Gasteiger partial charge in [-0.2, -0.15) is 0 Å². The fourth-order valence-electron chi connectivity index (χ4n) is 3.31. The first-order valence-electron chi connectivity index (χ1n) is 8.44. The van der Waals surface area contributed by atoms with Crippen molar-refractivity contribution in [3.05, 3.63) is 58.7 Å². The number of benzene rings is 1.